The topological polar surface area (TPSA) is 30.8 Å². The van der Waals surface area contributed by atoms with E-state index in [1.807, 2.05) is 6.08 Å². The van der Waals surface area contributed by atoms with E-state index in [0.29, 0.717) is 5.75 Å². The molecule has 1 aromatic carbocycles. The van der Waals surface area contributed by atoms with E-state index in [4.69, 9.17) is 9.47 Å². The summed E-state index contributed by atoms with van der Waals surface area (Å²) in [5, 5.41) is 0. The highest BCUT2D eigenvalue weighted by molar-refractivity contribution is 5.84. The van der Waals surface area contributed by atoms with Crippen molar-refractivity contribution in [2.45, 2.75) is 45.2 Å². The largest absolute Gasteiger partial charge is 0.497 e. The fourth-order valence-electron chi connectivity index (χ4n) is 1.95. The maximum absolute atomic E-state index is 13.0. The van der Waals surface area contributed by atoms with Crippen molar-refractivity contribution in [3.05, 3.63) is 36.4 Å². The zero-order chi connectivity index (χ0) is 17.8. The number of ether oxygens (including phenoxy) is 2. The van der Waals surface area contributed by atoms with Crippen LogP contribution in [0.1, 0.15) is 39.0 Å². The molecule has 0 atom stereocenters. The smallest absolute Gasteiger partial charge is 0.468 e. The molecule has 24 heavy (non-hydrogen) atoms. The molecule has 0 radical (unpaired) electrons. The Balaban J connectivity index is 2.56. The second-order valence-electron chi connectivity index (χ2n) is 5.24. The Morgan fingerprint density at radius 1 is 1.08 bits per heavy atom. The summed E-state index contributed by atoms with van der Waals surface area (Å²) in [6, 6.07) is 5.97. The van der Waals surface area contributed by atoms with Crippen molar-refractivity contribution in [3.63, 3.8) is 0 Å². The number of aliphatic imine (C=N–C) groups is 1. The molecule has 0 aliphatic heterocycles. The van der Waals surface area contributed by atoms with Crippen molar-refractivity contribution in [1.82, 2.24) is 0 Å². The summed E-state index contributed by atoms with van der Waals surface area (Å²) in [7, 11) is 1.48. The second kappa shape index (κ2) is 10.7. The van der Waals surface area contributed by atoms with Gasteiger partial charge >= 0.3 is 6.18 Å². The van der Waals surface area contributed by atoms with Gasteiger partial charge in [0.25, 0.3) is 5.90 Å². The molecule has 0 aliphatic rings. The number of benzene rings is 1. The summed E-state index contributed by atoms with van der Waals surface area (Å²) in [5.41, 5.74) is 0.159. The fraction of sp³-hybridized carbons (Fsp3) is 0.500. The molecule has 0 N–H and O–H groups in total. The van der Waals surface area contributed by atoms with E-state index in [1.165, 1.54) is 25.7 Å². The zero-order valence-corrected chi connectivity index (χ0v) is 14.1. The molecule has 0 saturated carbocycles. The van der Waals surface area contributed by atoms with Gasteiger partial charge in [-0.05, 0) is 37.1 Å². The van der Waals surface area contributed by atoms with Gasteiger partial charge in [0.2, 0.25) is 0 Å². The molecular weight excluding hydrogens is 319 g/mol. The van der Waals surface area contributed by atoms with Gasteiger partial charge in [-0.1, -0.05) is 38.3 Å². The summed E-state index contributed by atoms with van der Waals surface area (Å²) in [6.45, 7) is 1.98. The minimum absolute atomic E-state index is 0.151. The average molecular weight is 343 g/mol. The highest BCUT2D eigenvalue weighted by Crippen LogP contribution is 2.24. The zero-order valence-electron chi connectivity index (χ0n) is 14.1. The molecule has 0 spiro atoms. The molecule has 0 fully saturated rings. The van der Waals surface area contributed by atoms with Crippen LogP contribution in [-0.4, -0.2) is 25.8 Å². The molecule has 134 valence electrons. The molecule has 1 aromatic rings. The van der Waals surface area contributed by atoms with Gasteiger partial charge in [0, 0.05) is 0 Å². The molecule has 0 heterocycles. The van der Waals surface area contributed by atoms with Crippen LogP contribution in [0, 0.1) is 0 Å². The lowest BCUT2D eigenvalue weighted by Gasteiger charge is -2.11. The lowest BCUT2D eigenvalue weighted by atomic mass is 10.1. The first kappa shape index (κ1) is 20.1. The molecule has 6 heteroatoms. The normalized spacial score (nSPS) is 12.6. The Hall–Kier alpha value is -1.98. The van der Waals surface area contributed by atoms with Crippen molar-refractivity contribution >= 4 is 11.6 Å². The van der Waals surface area contributed by atoms with E-state index in [0.717, 1.165) is 25.7 Å². The number of hydrogen-bond donors (Lipinski definition) is 0. The van der Waals surface area contributed by atoms with Gasteiger partial charge in [0.05, 0.1) is 12.8 Å². The Labute approximate surface area is 141 Å². The quantitative estimate of drug-likeness (QED) is 0.244. The molecule has 3 nitrogen and oxygen atoms in total. The van der Waals surface area contributed by atoms with Crippen LogP contribution < -0.4 is 4.74 Å². The minimum Gasteiger partial charge on any atom is -0.497 e. The van der Waals surface area contributed by atoms with Crippen LogP contribution in [0.2, 0.25) is 0 Å². The molecule has 0 unspecified atom stereocenters. The number of rotatable bonds is 9. The van der Waals surface area contributed by atoms with Gasteiger partial charge in [-0.3, -0.25) is 0 Å². The van der Waals surface area contributed by atoms with Crippen molar-refractivity contribution in [1.29, 1.82) is 0 Å². The number of methoxy groups -OCH3 is 1. The molecule has 0 aromatic heterocycles. The van der Waals surface area contributed by atoms with Crippen LogP contribution in [0.5, 0.6) is 5.75 Å². The van der Waals surface area contributed by atoms with Crippen molar-refractivity contribution < 1.29 is 22.6 Å². The minimum atomic E-state index is -4.63. The van der Waals surface area contributed by atoms with E-state index in [2.05, 4.69) is 11.9 Å². The van der Waals surface area contributed by atoms with Crippen molar-refractivity contribution in [2.24, 2.45) is 4.99 Å². The molecule has 0 bridgehead atoms. The summed E-state index contributed by atoms with van der Waals surface area (Å²) < 4.78 is 48.6. The summed E-state index contributed by atoms with van der Waals surface area (Å²) >= 11 is 0. The molecule has 1 rings (SSSR count). The number of allylic oxidation sites excluding steroid dienone is 1. The van der Waals surface area contributed by atoms with E-state index < -0.39 is 12.1 Å². The van der Waals surface area contributed by atoms with Crippen LogP contribution in [0.25, 0.3) is 0 Å². The first-order valence-electron chi connectivity index (χ1n) is 8.05. The Kier molecular flexibility index (Phi) is 8.97. The number of halogens is 3. The predicted octanol–water partition coefficient (Wildman–Crippen LogP) is 5.83. The molecule has 0 saturated heterocycles. The van der Waals surface area contributed by atoms with E-state index in [9.17, 15) is 13.2 Å². The Bertz CT molecular complexity index is 522. The fourth-order valence-corrected chi connectivity index (χ4v) is 1.95. The van der Waals surface area contributed by atoms with E-state index >= 15 is 0 Å². The van der Waals surface area contributed by atoms with Crippen LogP contribution in [-0.2, 0) is 4.74 Å². The first-order valence-corrected chi connectivity index (χ1v) is 8.05. The van der Waals surface area contributed by atoms with Crippen LogP contribution in [0.3, 0.4) is 0 Å². The number of hydrogen-bond acceptors (Lipinski definition) is 3. The lowest BCUT2D eigenvalue weighted by molar-refractivity contribution is -0.0770. The maximum Gasteiger partial charge on any atom is 0.468 e. The third-order valence-electron chi connectivity index (χ3n) is 3.25. The second-order valence-corrected chi connectivity index (χ2v) is 5.24. The van der Waals surface area contributed by atoms with Gasteiger partial charge in [0.1, 0.15) is 12.4 Å². The number of unbranched alkanes of at least 4 members (excludes halogenated alkanes) is 4. The lowest BCUT2D eigenvalue weighted by Crippen LogP contribution is -2.25. The van der Waals surface area contributed by atoms with E-state index in [-0.39, 0.29) is 12.3 Å². The van der Waals surface area contributed by atoms with Crippen molar-refractivity contribution in [2.75, 3.05) is 13.7 Å². The first-order chi connectivity index (χ1) is 11.5. The van der Waals surface area contributed by atoms with Crippen LogP contribution >= 0.6 is 0 Å². The van der Waals surface area contributed by atoms with Crippen molar-refractivity contribution in [3.8, 4) is 5.75 Å². The predicted molar refractivity (Wildman–Crippen MR) is 90.0 cm³/mol. The monoisotopic (exact) mass is 343 g/mol. The van der Waals surface area contributed by atoms with Crippen LogP contribution in [0.4, 0.5) is 18.9 Å². The third kappa shape index (κ3) is 8.04. The number of alkyl halides is 3. The third-order valence-corrected chi connectivity index (χ3v) is 3.25. The summed E-state index contributed by atoms with van der Waals surface area (Å²) in [4.78, 5) is 3.54. The standard InChI is InChI=1S/C18H24F3NO2/c1-3-4-5-6-7-8-9-14-24-17(18(19,20)21)22-15-10-12-16(23-2)13-11-15/h8-13H,3-7,14H2,1-2H3/b9-8+,22-17?. The maximum atomic E-state index is 13.0. The molecule has 0 aliphatic carbocycles. The van der Waals surface area contributed by atoms with Crippen LogP contribution in [0.15, 0.2) is 41.4 Å². The van der Waals surface area contributed by atoms with Gasteiger partial charge in [-0.15, -0.1) is 0 Å². The molecule has 0 amide bonds. The Morgan fingerprint density at radius 2 is 1.79 bits per heavy atom. The summed E-state index contributed by atoms with van der Waals surface area (Å²) in [6.07, 6.45) is 4.17. The average Bonchev–Trinajstić information content (AvgIpc) is 2.55. The SMILES string of the molecule is CCCCCC/C=C/COC(=Nc1ccc(OC)cc1)C(F)(F)F. The number of nitrogens with zero attached hydrogens (tertiary/aromatic N) is 1. The van der Waals surface area contributed by atoms with Gasteiger partial charge in [-0.25, -0.2) is 4.99 Å². The highest BCUT2D eigenvalue weighted by atomic mass is 19.4. The highest BCUT2D eigenvalue weighted by Gasteiger charge is 2.38. The van der Waals surface area contributed by atoms with Gasteiger partial charge in [0.15, 0.2) is 0 Å². The van der Waals surface area contributed by atoms with Gasteiger partial charge < -0.3 is 9.47 Å². The molecular formula is C18H24F3NO2. The Morgan fingerprint density at radius 3 is 2.38 bits per heavy atom. The summed E-state index contributed by atoms with van der Waals surface area (Å²) in [5.74, 6) is -0.697. The van der Waals surface area contributed by atoms with Gasteiger partial charge in [-0.2, -0.15) is 13.2 Å². The van der Waals surface area contributed by atoms with E-state index in [1.54, 1.807) is 18.2 Å².